The summed E-state index contributed by atoms with van der Waals surface area (Å²) in [6, 6.07) is 15.6. The second-order valence-electron chi connectivity index (χ2n) is 6.70. The lowest BCUT2D eigenvalue weighted by Crippen LogP contribution is -2.34. The molecule has 1 aliphatic rings. The summed E-state index contributed by atoms with van der Waals surface area (Å²) in [5, 5.41) is 2.70. The summed E-state index contributed by atoms with van der Waals surface area (Å²) < 4.78 is 0. The number of benzene rings is 2. The summed E-state index contributed by atoms with van der Waals surface area (Å²) in [7, 11) is 0. The van der Waals surface area contributed by atoms with Crippen molar-refractivity contribution in [3.8, 4) is 0 Å². The van der Waals surface area contributed by atoms with Gasteiger partial charge in [0.05, 0.1) is 0 Å². The van der Waals surface area contributed by atoms with Crippen molar-refractivity contribution in [1.82, 2.24) is 0 Å². The van der Waals surface area contributed by atoms with Crippen molar-refractivity contribution in [2.24, 2.45) is 17.6 Å². The number of hydrogen-bond acceptors (Lipinski definition) is 1. The van der Waals surface area contributed by atoms with Gasteiger partial charge >= 0.3 is 0 Å². The van der Waals surface area contributed by atoms with E-state index in [0.717, 1.165) is 12.3 Å². The topological polar surface area (TPSA) is 26.0 Å². The highest BCUT2D eigenvalue weighted by Crippen LogP contribution is 2.33. The molecule has 1 nitrogen and oxygen atoms in total. The fourth-order valence-corrected chi connectivity index (χ4v) is 3.92. The molecule has 0 aliphatic heterocycles. The fourth-order valence-electron chi connectivity index (χ4n) is 3.92. The molecule has 0 heterocycles. The van der Waals surface area contributed by atoms with E-state index in [0.29, 0.717) is 12.0 Å². The quantitative estimate of drug-likeness (QED) is 0.845. The highest BCUT2D eigenvalue weighted by molar-refractivity contribution is 5.85. The van der Waals surface area contributed by atoms with Gasteiger partial charge in [0.25, 0.3) is 0 Å². The zero-order valence-corrected chi connectivity index (χ0v) is 13.1. The van der Waals surface area contributed by atoms with Crippen LogP contribution in [0.5, 0.6) is 0 Å². The molecule has 0 bridgehead atoms. The minimum absolute atomic E-state index is 0.314. The molecule has 0 radical (unpaired) electrons. The van der Waals surface area contributed by atoms with Crippen molar-refractivity contribution in [2.75, 3.05) is 0 Å². The average molecular weight is 281 g/mol. The average Bonchev–Trinajstić information content (AvgIpc) is 2.55. The van der Waals surface area contributed by atoms with Gasteiger partial charge in [0.1, 0.15) is 0 Å². The van der Waals surface area contributed by atoms with Gasteiger partial charge in [-0.25, -0.2) is 0 Å². The van der Waals surface area contributed by atoms with Crippen LogP contribution in [0.1, 0.15) is 44.6 Å². The van der Waals surface area contributed by atoms with E-state index in [1.807, 2.05) is 0 Å². The molecule has 2 aromatic carbocycles. The normalized spacial score (nSPS) is 24.1. The van der Waals surface area contributed by atoms with Crippen molar-refractivity contribution in [3.05, 3.63) is 48.0 Å². The Kier molecular flexibility index (Phi) is 4.60. The van der Waals surface area contributed by atoms with Crippen LogP contribution >= 0.6 is 0 Å². The number of hydrogen-bond donors (Lipinski definition) is 1. The Hall–Kier alpha value is -1.34. The van der Waals surface area contributed by atoms with Crippen molar-refractivity contribution in [2.45, 2.75) is 51.5 Å². The Balaban J connectivity index is 1.70. The maximum absolute atomic E-state index is 6.56. The van der Waals surface area contributed by atoms with Gasteiger partial charge in [-0.1, -0.05) is 68.7 Å². The second kappa shape index (κ2) is 6.62. The third-order valence-electron chi connectivity index (χ3n) is 5.41. The van der Waals surface area contributed by atoms with Gasteiger partial charge in [-0.15, -0.1) is 0 Å². The highest BCUT2D eigenvalue weighted by atomic mass is 14.7. The van der Waals surface area contributed by atoms with Gasteiger partial charge in [-0.05, 0) is 47.4 Å². The molecule has 2 N–H and O–H groups in total. The number of rotatable bonds is 4. The molecule has 21 heavy (non-hydrogen) atoms. The van der Waals surface area contributed by atoms with Crippen LogP contribution in [-0.2, 0) is 6.42 Å². The largest absolute Gasteiger partial charge is 0.327 e. The molecule has 1 fully saturated rings. The molecule has 0 saturated heterocycles. The van der Waals surface area contributed by atoms with Crippen LogP contribution in [-0.4, -0.2) is 6.04 Å². The van der Waals surface area contributed by atoms with Crippen LogP contribution in [0.3, 0.4) is 0 Å². The van der Waals surface area contributed by atoms with Crippen molar-refractivity contribution >= 4 is 10.8 Å². The van der Waals surface area contributed by atoms with Gasteiger partial charge in [0.2, 0.25) is 0 Å². The van der Waals surface area contributed by atoms with E-state index in [1.165, 1.54) is 48.4 Å². The third-order valence-corrected chi connectivity index (χ3v) is 5.41. The van der Waals surface area contributed by atoms with E-state index >= 15 is 0 Å². The van der Waals surface area contributed by atoms with Crippen molar-refractivity contribution in [3.63, 3.8) is 0 Å². The second-order valence-corrected chi connectivity index (χ2v) is 6.70. The monoisotopic (exact) mass is 281 g/mol. The predicted molar refractivity (Wildman–Crippen MR) is 91.4 cm³/mol. The van der Waals surface area contributed by atoms with Gasteiger partial charge in [-0.2, -0.15) is 0 Å². The molecule has 3 rings (SSSR count). The summed E-state index contributed by atoms with van der Waals surface area (Å²) in [6.07, 6.45) is 7.76. The maximum atomic E-state index is 6.56. The molecule has 1 atom stereocenters. The molecule has 0 aromatic heterocycles. The van der Waals surface area contributed by atoms with E-state index in [2.05, 4.69) is 49.4 Å². The summed E-state index contributed by atoms with van der Waals surface area (Å²) in [5.74, 6) is 1.66. The van der Waals surface area contributed by atoms with E-state index in [4.69, 9.17) is 5.73 Å². The van der Waals surface area contributed by atoms with Gasteiger partial charge in [0.15, 0.2) is 0 Å². The van der Waals surface area contributed by atoms with Crippen molar-refractivity contribution in [1.29, 1.82) is 0 Å². The first kappa shape index (κ1) is 14.6. The minimum atomic E-state index is 0.314. The summed E-state index contributed by atoms with van der Waals surface area (Å²) in [5.41, 5.74) is 7.97. The summed E-state index contributed by atoms with van der Waals surface area (Å²) in [4.78, 5) is 0. The Morgan fingerprint density at radius 3 is 2.48 bits per heavy atom. The van der Waals surface area contributed by atoms with Crippen LogP contribution in [0.15, 0.2) is 42.5 Å². The molecule has 1 saturated carbocycles. The first-order valence-electron chi connectivity index (χ1n) is 8.50. The Morgan fingerprint density at radius 1 is 1.00 bits per heavy atom. The van der Waals surface area contributed by atoms with E-state index in [-0.39, 0.29) is 0 Å². The molecule has 0 amide bonds. The maximum Gasteiger partial charge on any atom is 0.0108 e. The van der Waals surface area contributed by atoms with E-state index < -0.39 is 0 Å². The minimum Gasteiger partial charge on any atom is -0.327 e. The molecular weight excluding hydrogens is 254 g/mol. The highest BCUT2D eigenvalue weighted by Gasteiger charge is 2.25. The Bertz CT molecular complexity index is 576. The lowest BCUT2D eigenvalue weighted by atomic mass is 9.76. The van der Waals surface area contributed by atoms with Crippen LogP contribution in [0.2, 0.25) is 0 Å². The first-order chi connectivity index (χ1) is 10.3. The molecule has 2 aromatic rings. The molecule has 1 unspecified atom stereocenters. The van der Waals surface area contributed by atoms with Crippen molar-refractivity contribution < 1.29 is 0 Å². The number of fused-ring (bicyclic) bond motifs is 1. The zero-order valence-electron chi connectivity index (χ0n) is 13.1. The van der Waals surface area contributed by atoms with Gasteiger partial charge in [0, 0.05) is 6.04 Å². The molecule has 112 valence electrons. The van der Waals surface area contributed by atoms with Crippen LogP contribution in [0.25, 0.3) is 10.8 Å². The van der Waals surface area contributed by atoms with E-state index in [9.17, 15) is 0 Å². The predicted octanol–water partition coefficient (Wildman–Crippen LogP) is 4.93. The number of nitrogens with two attached hydrogens (primary N) is 1. The first-order valence-corrected chi connectivity index (χ1v) is 8.50. The summed E-state index contributed by atoms with van der Waals surface area (Å²) >= 11 is 0. The molecule has 1 aliphatic carbocycles. The van der Waals surface area contributed by atoms with Crippen LogP contribution in [0, 0.1) is 11.8 Å². The third kappa shape index (κ3) is 3.29. The van der Waals surface area contributed by atoms with E-state index in [1.54, 1.807) is 0 Å². The summed E-state index contributed by atoms with van der Waals surface area (Å²) in [6.45, 7) is 2.32. The van der Waals surface area contributed by atoms with Gasteiger partial charge < -0.3 is 5.73 Å². The Labute approximate surface area is 128 Å². The lowest BCUT2D eigenvalue weighted by Gasteiger charge is -2.32. The Morgan fingerprint density at radius 2 is 1.71 bits per heavy atom. The standard InChI is InChI=1S/C20H27N/c1-2-15-10-12-17(13-11-15)20(21)14-18-8-5-7-16-6-3-4-9-19(16)18/h3-9,15,17,20H,2,10-14,21H2,1H3. The van der Waals surface area contributed by atoms with Crippen LogP contribution in [0.4, 0.5) is 0 Å². The smallest absolute Gasteiger partial charge is 0.0108 e. The lowest BCUT2D eigenvalue weighted by molar-refractivity contribution is 0.238. The zero-order chi connectivity index (χ0) is 14.7. The SMILES string of the molecule is CCC1CCC(C(N)Cc2cccc3ccccc23)CC1. The van der Waals surface area contributed by atoms with Gasteiger partial charge in [-0.3, -0.25) is 0 Å². The molecular formula is C20H27N. The molecule has 1 heteroatoms. The van der Waals surface area contributed by atoms with Crippen LogP contribution < -0.4 is 5.73 Å². The fraction of sp³-hybridized carbons (Fsp3) is 0.500. The molecule has 0 spiro atoms.